The summed E-state index contributed by atoms with van der Waals surface area (Å²) in [6.07, 6.45) is 8.35. The molecule has 0 spiro atoms. The average molecular weight is 375 g/mol. The summed E-state index contributed by atoms with van der Waals surface area (Å²) in [4.78, 5) is 18.8. The van der Waals surface area contributed by atoms with E-state index in [1.807, 2.05) is 12.1 Å². The smallest absolute Gasteiger partial charge is 0.224 e. The Morgan fingerprint density at radius 2 is 2.04 bits per heavy atom. The number of halogens is 2. The van der Waals surface area contributed by atoms with Crippen LogP contribution in [0.2, 0.25) is 0 Å². The maximum Gasteiger partial charge on any atom is 0.224 e. The summed E-state index contributed by atoms with van der Waals surface area (Å²) in [6, 6.07) is 3.98. The van der Waals surface area contributed by atoms with Crippen molar-refractivity contribution in [2.75, 3.05) is 36.4 Å². The van der Waals surface area contributed by atoms with Gasteiger partial charge < -0.3 is 15.5 Å². The number of carbonyl (C=O) groups is 1. The van der Waals surface area contributed by atoms with Crippen LogP contribution in [0.1, 0.15) is 38.5 Å². The summed E-state index contributed by atoms with van der Waals surface area (Å²) < 4.78 is 0. The molecule has 1 aromatic rings. The minimum Gasteiger partial charge on any atom is -0.357 e. The number of hydrogen-bond acceptors (Lipinski definition) is 4. The van der Waals surface area contributed by atoms with E-state index in [1.54, 1.807) is 6.20 Å². The van der Waals surface area contributed by atoms with Crippen LogP contribution in [0.3, 0.4) is 0 Å². The fourth-order valence-corrected chi connectivity index (χ4v) is 3.29. The number of nitrogens with one attached hydrogen (secondary N) is 2. The number of aromatic nitrogens is 1. The minimum absolute atomic E-state index is 0. The third-order valence-electron chi connectivity index (χ3n) is 4.65. The van der Waals surface area contributed by atoms with Crippen molar-refractivity contribution in [3.05, 3.63) is 18.3 Å². The third kappa shape index (κ3) is 6.11. The first kappa shape index (κ1) is 21.0. The zero-order valence-corrected chi connectivity index (χ0v) is 15.6. The lowest BCUT2D eigenvalue weighted by Crippen LogP contribution is -2.30. The molecule has 3 heterocycles. The fourth-order valence-electron chi connectivity index (χ4n) is 3.29. The summed E-state index contributed by atoms with van der Waals surface area (Å²) >= 11 is 0. The SMILES string of the molecule is Cl.Cl.O=C(CCC1CCNC1)Nc1ccc(N2CCCCC2)nc1. The van der Waals surface area contributed by atoms with Crippen LogP contribution < -0.4 is 15.5 Å². The second kappa shape index (κ2) is 10.7. The number of hydrogen-bond donors (Lipinski definition) is 2. The number of nitrogens with zero attached hydrogens (tertiary/aromatic N) is 2. The van der Waals surface area contributed by atoms with Crippen molar-refractivity contribution in [1.82, 2.24) is 10.3 Å². The summed E-state index contributed by atoms with van der Waals surface area (Å²) in [6.45, 7) is 4.33. The largest absolute Gasteiger partial charge is 0.357 e. The Morgan fingerprint density at radius 1 is 1.25 bits per heavy atom. The number of rotatable bonds is 5. The molecule has 2 aliphatic rings. The maximum atomic E-state index is 12.0. The summed E-state index contributed by atoms with van der Waals surface area (Å²) in [7, 11) is 0. The number of amides is 1. The highest BCUT2D eigenvalue weighted by molar-refractivity contribution is 5.90. The van der Waals surface area contributed by atoms with Crippen LogP contribution in [0.4, 0.5) is 11.5 Å². The average Bonchev–Trinajstić information content (AvgIpc) is 3.08. The number of piperidine rings is 1. The summed E-state index contributed by atoms with van der Waals surface area (Å²) in [5, 5.41) is 6.29. The molecule has 136 valence electrons. The van der Waals surface area contributed by atoms with Gasteiger partial charge >= 0.3 is 0 Å². The Balaban J connectivity index is 0.00000144. The molecule has 3 rings (SSSR count). The van der Waals surface area contributed by atoms with E-state index in [-0.39, 0.29) is 30.7 Å². The molecule has 0 saturated carbocycles. The highest BCUT2D eigenvalue weighted by Gasteiger charge is 2.16. The number of anilines is 2. The van der Waals surface area contributed by atoms with Crippen LogP contribution in [0.25, 0.3) is 0 Å². The molecule has 1 atom stereocenters. The molecule has 24 heavy (non-hydrogen) atoms. The van der Waals surface area contributed by atoms with Crippen molar-refractivity contribution >= 4 is 42.2 Å². The maximum absolute atomic E-state index is 12.0. The topological polar surface area (TPSA) is 57.3 Å². The van der Waals surface area contributed by atoms with Gasteiger partial charge in [-0.15, -0.1) is 24.8 Å². The molecule has 1 aromatic heterocycles. The van der Waals surface area contributed by atoms with E-state index < -0.39 is 0 Å². The van der Waals surface area contributed by atoms with Crippen LogP contribution in [-0.4, -0.2) is 37.1 Å². The van der Waals surface area contributed by atoms with Crippen molar-refractivity contribution in [2.45, 2.75) is 38.5 Å². The normalized spacial score (nSPS) is 20.0. The molecule has 2 aliphatic heterocycles. The van der Waals surface area contributed by atoms with Crippen molar-refractivity contribution < 1.29 is 4.79 Å². The predicted octanol–water partition coefficient (Wildman–Crippen LogP) is 3.24. The molecule has 0 aromatic carbocycles. The lowest BCUT2D eigenvalue weighted by Gasteiger charge is -2.27. The molecule has 2 saturated heterocycles. The first-order chi connectivity index (χ1) is 10.8. The van der Waals surface area contributed by atoms with E-state index in [9.17, 15) is 4.79 Å². The molecule has 0 radical (unpaired) electrons. The molecule has 2 N–H and O–H groups in total. The quantitative estimate of drug-likeness (QED) is 0.830. The van der Waals surface area contributed by atoms with Gasteiger partial charge in [0.2, 0.25) is 5.91 Å². The van der Waals surface area contributed by atoms with Gasteiger partial charge in [0, 0.05) is 19.5 Å². The highest BCUT2D eigenvalue weighted by atomic mass is 35.5. The first-order valence-electron chi connectivity index (χ1n) is 8.53. The van der Waals surface area contributed by atoms with Gasteiger partial charge in [-0.25, -0.2) is 4.98 Å². The molecule has 1 unspecified atom stereocenters. The number of pyridine rings is 1. The second-order valence-electron chi connectivity index (χ2n) is 6.40. The highest BCUT2D eigenvalue weighted by Crippen LogP contribution is 2.19. The van der Waals surface area contributed by atoms with E-state index in [1.165, 1.54) is 25.7 Å². The lowest BCUT2D eigenvalue weighted by molar-refractivity contribution is -0.116. The predicted molar refractivity (Wildman–Crippen MR) is 104 cm³/mol. The van der Waals surface area contributed by atoms with Gasteiger partial charge in [0.25, 0.3) is 0 Å². The van der Waals surface area contributed by atoms with E-state index in [0.717, 1.165) is 44.1 Å². The van der Waals surface area contributed by atoms with Gasteiger partial charge in [-0.3, -0.25) is 4.79 Å². The van der Waals surface area contributed by atoms with Gasteiger partial charge in [0.1, 0.15) is 5.82 Å². The van der Waals surface area contributed by atoms with Gasteiger partial charge in [-0.05, 0) is 63.2 Å². The summed E-state index contributed by atoms with van der Waals surface area (Å²) in [5.74, 6) is 1.78. The zero-order valence-electron chi connectivity index (χ0n) is 14.0. The number of carbonyl (C=O) groups excluding carboxylic acids is 1. The van der Waals surface area contributed by atoms with E-state index in [0.29, 0.717) is 12.3 Å². The van der Waals surface area contributed by atoms with Crippen molar-refractivity contribution in [1.29, 1.82) is 0 Å². The van der Waals surface area contributed by atoms with Crippen LogP contribution in [0.15, 0.2) is 18.3 Å². The Bertz CT molecular complexity index is 486. The second-order valence-corrected chi connectivity index (χ2v) is 6.40. The molecule has 5 nitrogen and oxygen atoms in total. The minimum atomic E-state index is 0. The van der Waals surface area contributed by atoms with E-state index >= 15 is 0 Å². The Labute approximate surface area is 156 Å². The third-order valence-corrected chi connectivity index (χ3v) is 4.65. The monoisotopic (exact) mass is 374 g/mol. The molecule has 0 bridgehead atoms. The van der Waals surface area contributed by atoms with Crippen LogP contribution in [-0.2, 0) is 4.79 Å². The van der Waals surface area contributed by atoms with E-state index in [2.05, 4.69) is 20.5 Å². The van der Waals surface area contributed by atoms with Crippen LogP contribution in [0.5, 0.6) is 0 Å². The van der Waals surface area contributed by atoms with Gasteiger partial charge in [0.15, 0.2) is 0 Å². The van der Waals surface area contributed by atoms with Crippen LogP contribution >= 0.6 is 24.8 Å². The fraction of sp³-hybridized carbons (Fsp3) is 0.647. The molecule has 0 aliphatic carbocycles. The zero-order chi connectivity index (χ0) is 15.2. The van der Waals surface area contributed by atoms with Gasteiger partial charge in [0.05, 0.1) is 11.9 Å². The Hall–Kier alpha value is -1.04. The molecule has 1 amide bonds. The summed E-state index contributed by atoms with van der Waals surface area (Å²) in [5.41, 5.74) is 0.801. The lowest BCUT2D eigenvalue weighted by atomic mass is 10.0. The van der Waals surface area contributed by atoms with Crippen LogP contribution in [0, 0.1) is 5.92 Å². The first-order valence-corrected chi connectivity index (χ1v) is 8.53. The van der Waals surface area contributed by atoms with Gasteiger partial charge in [-0.2, -0.15) is 0 Å². The van der Waals surface area contributed by atoms with Gasteiger partial charge in [-0.1, -0.05) is 0 Å². The van der Waals surface area contributed by atoms with Crippen molar-refractivity contribution in [2.24, 2.45) is 5.92 Å². The molecular formula is C17H28Cl2N4O. The van der Waals surface area contributed by atoms with E-state index in [4.69, 9.17) is 0 Å². The standard InChI is InChI=1S/C17H26N4O.2ClH/c22-17(7-4-14-8-9-18-12-14)20-15-5-6-16(19-13-15)21-10-2-1-3-11-21;;/h5-6,13-14,18H,1-4,7-12H2,(H,20,22);2*1H. The molecule has 2 fully saturated rings. The van der Waals surface area contributed by atoms with Crippen molar-refractivity contribution in [3.8, 4) is 0 Å². The molecule has 7 heteroatoms. The molecular weight excluding hydrogens is 347 g/mol. The Kier molecular flexibility index (Phi) is 9.41. The van der Waals surface area contributed by atoms with Crippen molar-refractivity contribution in [3.63, 3.8) is 0 Å². The Morgan fingerprint density at radius 3 is 2.67 bits per heavy atom.